The third kappa shape index (κ3) is 2.30. The Hall–Kier alpha value is -1.96. The average Bonchev–Trinajstić information content (AvgIpc) is 2.47. The van der Waals surface area contributed by atoms with Gasteiger partial charge in [-0.25, -0.2) is 0 Å². The third-order valence-electron chi connectivity index (χ3n) is 3.89. The number of carbonyl (C=O) groups excluding carboxylic acids is 1. The molecule has 1 aromatic carbocycles. The van der Waals surface area contributed by atoms with Crippen molar-refractivity contribution in [3.8, 4) is 0 Å². The lowest BCUT2D eigenvalue weighted by molar-refractivity contribution is 0.102. The van der Waals surface area contributed by atoms with E-state index in [1.54, 1.807) is 6.20 Å². The Morgan fingerprint density at radius 2 is 2.21 bits per heavy atom. The normalized spacial score (nSPS) is 19.2. The molecule has 2 nitrogen and oxygen atoms in total. The van der Waals surface area contributed by atoms with Crippen molar-refractivity contribution in [2.24, 2.45) is 5.92 Å². The number of benzene rings is 1. The number of pyridine rings is 1. The summed E-state index contributed by atoms with van der Waals surface area (Å²) in [5.74, 6) is 0.886. The molecule has 3 rings (SSSR count). The van der Waals surface area contributed by atoms with Crippen molar-refractivity contribution in [3.63, 3.8) is 0 Å². The van der Waals surface area contributed by atoms with Crippen LogP contribution in [0.1, 0.15) is 36.5 Å². The van der Waals surface area contributed by atoms with Crippen LogP contribution >= 0.6 is 0 Å². The highest BCUT2D eigenvalue weighted by molar-refractivity contribution is 6.16. The maximum Gasteiger partial charge on any atom is 0.189 e. The summed E-state index contributed by atoms with van der Waals surface area (Å²) in [6.45, 7) is 2.24. The zero-order valence-corrected chi connectivity index (χ0v) is 11.1. The first kappa shape index (κ1) is 12.1. The molecule has 0 aliphatic heterocycles. The highest BCUT2D eigenvalue weighted by Gasteiger charge is 2.18. The van der Waals surface area contributed by atoms with Crippen molar-refractivity contribution in [1.29, 1.82) is 0 Å². The second kappa shape index (κ2) is 4.96. The molecule has 1 unspecified atom stereocenters. The molecule has 0 saturated carbocycles. The van der Waals surface area contributed by atoms with Gasteiger partial charge >= 0.3 is 0 Å². The van der Waals surface area contributed by atoms with E-state index < -0.39 is 0 Å². The summed E-state index contributed by atoms with van der Waals surface area (Å²) in [6.07, 6.45) is 8.72. The molecule has 0 amide bonds. The highest BCUT2D eigenvalue weighted by atomic mass is 16.1. The van der Waals surface area contributed by atoms with Crippen LogP contribution in [0.2, 0.25) is 0 Å². The number of nitrogens with zero attached hydrogens (tertiary/aromatic N) is 1. The molecule has 0 radical (unpaired) electrons. The standard InChI is InChI=1S/C17H17NO/c1-12-5-7-13(8-6-12)17(19)16-4-2-3-14-11-18-10-9-15(14)16/h2-4,7,9-12H,5-6,8H2,1H3. The van der Waals surface area contributed by atoms with E-state index in [1.807, 2.05) is 30.5 Å². The minimum atomic E-state index is 0.184. The van der Waals surface area contributed by atoms with Gasteiger partial charge in [0.2, 0.25) is 0 Å². The van der Waals surface area contributed by atoms with E-state index in [2.05, 4.69) is 18.0 Å². The first-order chi connectivity index (χ1) is 9.25. The summed E-state index contributed by atoms with van der Waals surface area (Å²) in [5, 5.41) is 2.03. The molecule has 0 spiro atoms. The monoisotopic (exact) mass is 251 g/mol. The van der Waals surface area contributed by atoms with Gasteiger partial charge in [-0.2, -0.15) is 0 Å². The van der Waals surface area contributed by atoms with Gasteiger partial charge in [0.15, 0.2) is 5.78 Å². The molecule has 2 aromatic rings. The van der Waals surface area contributed by atoms with Crippen LogP contribution in [0, 0.1) is 5.92 Å². The highest BCUT2D eigenvalue weighted by Crippen LogP contribution is 2.27. The zero-order chi connectivity index (χ0) is 13.2. The lowest BCUT2D eigenvalue weighted by Gasteiger charge is -2.17. The van der Waals surface area contributed by atoms with Crippen LogP contribution < -0.4 is 0 Å². The molecule has 0 N–H and O–H groups in total. The largest absolute Gasteiger partial charge is 0.289 e. The molecule has 2 heteroatoms. The Balaban J connectivity index is 2.03. The van der Waals surface area contributed by atoms with E-state index in [9.17, 15) is 4.79 Å². The SMILES string of the molecule is CC1CC=C(C(=O)c2cccc3cnccc23)CC1. The molecule has 0 saturated heterocycles. The van der Waals surface area contributed by atoms with E-state index in [4.69, 9.17) is 0 Å². The average molecular weight is 251 g/mol. The minimum absolute atomic E-state index is 0.184. The molecule has 0 bridgehead atoms. The third-order valence-corrected chi connectivity index (χ3v) is 3.89. The van der Waals surface area contributed by atoms with E-state index in [-0.39, 0.29) is 5.78 Å². The van der Waals surface area contributed by atoms with Gasteiger partial charge in [0, 0.05) is 23.3 Å². The maximum atomic E-state index is 12.6. The quantitative estimate of drug-likeness (QED) is 0.750. The van der Waals surface area contributed by atoms with E-state index in [0.29, 0.717) is 5.92 Å². The number of fused-ring (bicyclic) bond motifs is 1. The number of Topliss-reactive ketones (excluding diaryl/α,β-unsaturated/α-hetero) is 1. The van der Waals surface area contributed by atoms with Crippen molar-refractivity contribution >= 4 is 16.6 Å². The van der Waals surface area contributed by atoms with E-state index in [0.717, 1.165) is 41.2 Å². The van der Waals surface area contributed by atoms with Crippen molar-refractivity contribution in [2.45, 2.75) is 26.2 Å². The summed E-state index contributed by atoms with van der Waals surface area (Å²) in [5.41, 5.74) is 1.78. The van der Waals surface area contributed by atoms with Crippen LogP contribution in [-0.2, 0) is 0 Å². The fraction of sp³-hybridized carbons (Fsp3) is 0.294. The van der Waals surface area contributed by atoms with Gasteiger partial charge in [-0.05, 0) is 42.2 Å². The summed E-state index contributed by atoms with van der Waals surface area (Å²) in [7, 11) is 0. The van der Waals surface area contributed by atoms with Crippen LogP contribution in [0.3, 0.4) is 0 Å². The van der Waals surface area contributed by atoms with Crippen molar-refractivity contribution in [2.75, 3.05) is 0 Å². The summed E-state index contributed by atoms with van der Waals surface area (Å²) >= 11 is 0. The number of aromatic nitrogens is 1. The van der Waals surface area contributed by atoms with Crippen molar-refractivity contribution < 1.29 is 4.79 Å². The number of allylic oxidation sites excluding steroid dienone is 2. The predicted octanol–water partition coefficient (Wildman–Crippen LogP) is 4.16. The van der Waals surface area contributed by atoms with E-state index >= 15 is 0 Å². The summed E-state index contributed by atoms with van der Waals surface area (Å²) in [6, 6.07) is 7.78. The van der Waals surface area contributed by atoms with Gasteiger partial charge < -0.3 is 0 Å². The van der Waals surface area contributed by atoms with Crippen LogP contribution in [-0.4, -0.2) is 10.8 Å². The Bertz CT molecular complexity index is 652. The zero-order valence-electron chi connectivity index (χ0n) is 11.1. The van der Waals surface area contributed by atoms with Gasteiger partial charge in [-0.15, -0.1) is 0 Å². The molecule has 1 heterocycles. The topological polar surface area (TPSA) is 30.0 Å². The van der Waals surface area contributed by atoms with Gasteiger partial charge in [0.05, 0.1) is 0 Å². The summed E-state index contributed by atoms with van der Waals surface area (Å²) in [4.78, 5) is 16.7. The van der Waals surface area contributed by atoms with Crippen LogP contribution in [0.5, 0.6) is 0 Å². The smallest absolute Gasteiger partial charge is 0.189 e. The number of ketones is 1. The molecule has 1 aliphatic carbocycles. The first-order valence-electron chi connectivity index (χ1n) is 6.82. The minimum Gasteiger partial charge on any atom is -0.289 e. The molecule has 96 valence electrons. The van der Waals surface area contributed by atoms with Crippen LogP contribution in [0.15, 0.2) is 48.3 Å². The fourth-order valence-electron chi connectivity index (χ4n) is 2.67. The fourth-order valence-corrected chi connectivity index (χ4v) is 2.67. The molecular weight excluding hydrogens is 234 g/mol. The molecule has 1 atom stereocenters. The summed E-state index contributed by atoms with van der Waals surface area (Å²) < 4.78 is 0. The number of carbonyl (C=O) groups is 1. The molecule has 1 aromatic heterocycles. The second-order valence-corrected chi connectivity index (χ2v) is 5.34. The van der Waals surface area contributed by atoms with E-state index in [1.165, 1.54) is 0 Å². The predicted molar refractivity (Wildman–Crippen MR) is 77.2 cm³/mol. The van der Waals surface area contributed by atoms with Gasteiger partial charge in [-0.1, -0.05) is 31.2 Å². The maximum absolute atomic E-state index is 12.6. The Morgan fingerprint density at radius 1 is 1.32 bits per heavy atom. The van der Waals surface area contributed by atoms with Crippen LogP contribution in [0.25, 0.3) is 10.8 Å². The van der Waals surface area contributed by atoms with Gasteiger partial charge in [0.1, 0.15) is 0 Å². The van der Waals surface area contributed by atoms with Gasteiger partial charge in [-0.3, -0.25) is 9.78 Å². The number of hydrogen-bond acceptors (Lipinski definition) is 2. The Morgan fingerprint density at radius 3 is 3.00 bits per heavy atom. The lowest BCUT2D eigenvalue weighted by Crippen LogP contribution is -2.10. The van der Waals surface area contributed by atoms with Crippen LogP contribution in [0.4, 0.5) is 0 Å². The van der Waals surface area contributed by atoms with Crippen molar-refractivity contribution in [1.82, 2.24) is 4.98 Å². The number of hydrogen-bond donors (Lipinski definition) is 0. The molecule has 19 heavy (non-hydrogen) atoms. The first-order valence-corrected chi connectivity index (χ1v) is 6.82. The molecule has 1 aliphatic rings. The van der Waals surface area contributed by atoms with Crippen molar-refractivity contribution in [3.05, 3.63) is 53.9 Å². The van der Waals surface area contributed by atoms with Gasteiger partial charge in [0.25, 0.3) is 0 Å². The Kier molecular flexibility index (Phi) is 3.16. The second-order valence-electron chi connectivity index (χ2n) is 5.34. The lowest BCUT2D eigenvalue weighted by atomic mass is 9.86. The Labute approximate surface area is 113 Å². The molecule has 0 fully saturated rings. The number of rotatable bonds is 2. The molecular formula is C17H17NO.